The topological polar surface area (TPSA) is 30.2 Å². The Morgan fingerprint density at radius 2 is 1.92 bits per heavy atom. The predicted molar refractivity (Wildman–Crippen MR) is 47.2 cm³/mol. The summed E-state index contributed by atoms with van der Waals surface area (Å²) in [4.78, 5) is 4.22. The Morgan fingerprint density at radius 1 is 1.17 bits per heavy atom. The van der Waals surface area contributed by atoms with Gasteiger partial charge in [0.25, 0.3) is 0 Å². The van der Waals surface area contributed by atoms with Gasteiger partial charge in [-0.1, -0.05) is 0 Å². The van der Waals surface area contributed by atoms with Gasteiger partial charge < -0.3 is 0 Å². The summed E-state index contributed by atoms with van der Waals surface area (Å²) in [6.07, 6.45) is 3.64. The van der Waals surface area contributed by atoms with Gasteiger partial charge in [0.05, 0.1) is 5.69 Å². The standard InChI is InChI=1S/C9H11N3/c1-6-7(2)9-10-4-5-12(9)11-8(6)3/h4-5H,1-3H3. The molecule has 0 aliphatic heterocycles. The molecule has 3 nitrogen and oxygen atoms in total. The molecule has 2 aromatic rings. The number of aryl methyl sites for hydroxylation is 2. The summed E-state index contributed by atoms with van der Waals surface area (Å²) < 4.78 is 1.82. The normalized spacial score (nSPS) is 10.9. The van der Waals surface area contributed by atoms with Gasteiger partial charge >= 0.3 is 0 Å². The van der Waals surface area contributed by atoms with E-state index < -0.39 is 0 Å². The molecule has 0 radical (unpaired) electrons. The van der Waals surface area contributed by atoms with Crippen molar-refractivity contribution < 1.29 is 0 Å². The van der Waals surface area contributed by atoms with Crippen molar-refractivity contribution in [3.05, 3.63) is 29.2 Å². The van der Waals surface area contributed by atoms with Gasteiger partial charge in [0.2, 0.25) is 0 Å². The Morgan fingerprint density at radius 3 is 2.67 bits per heavy atom. The van der Waals surface area contributed by atoms with E-state index >= 15 is 0 Å². The fourth-order valence-electron chi connectivity index (χ4n) is 1.32. The molecule has 0 spiro atoms. The zero-order valence-electron chi connectivity index (χ0n) is 7.50. The predicted octanol–water partition coefficient (Wildman–Crippen LogP) is 1.65. The molecule has 0 amide bonds. The molecular weight excluding hydrogens is 150 g/mol. The smallest absolute Gasteiger partial charge is 0.156 e. The molecular formula is C9H11N3. The van der Waals surface area contributed by atoms with Crippen LogP contribution in [-0.4, -0.2) is 14.6 Å². The van der Waals surface area contributed by atoms with E-state index in [0.717, 1.165) is 11.3 Å². The second-order valence-electron chi connectivity index (χ2n) is 3.03. The molecule has 62 valence electrons. The van der Waals surface area contributed by atoms with Crippen LogP contribution in [0.2, 0.25) is 0 Å². The first-order chi connectivity index (χ1) is 5.70. The molecule has 0 saturated carbocycles. The van der Waals surface area contributed by atoms with Crippen LogP contribution in [0.3, 0.4) is 0 Å². The molecule has 3 heteroatoms. The van der Waals surface area contributed by atoms with E-state index in [1.165, 1.54) is 11.1 Å². The summed E-state index contributed by atoms with van der Waals surface area (Å²) in [5, 5.41) is 4.35. The van der Waals surface area contributed by atoms with Gasteiger partial charge in [0.15, 0.2) is 5.65 Å². The Balaban J connectivity index is 2.94. The van der Waals surface area contributed by atoms with E-state index in [9.17, 15) is 0 Å². The maximum Gasteiger partial charge on any atom is 0.156 e. The summed E-state index contributed by atoms with van der Waals surface area (Å²) in [6, 6.07) is 0. The fourth-order valence-corrected chi connectivity index (χ4v) is 1.32. The first-order valence-corrected chi connectivity index (χ1v) is 3.97. The highest BCUT2D eigenvalue weighted by Gasteiger charge is 2.04. The average molecular weight is 161 g/mol. The summed E-state index contributed by atoms with van der Waals surface area (Å²) >= 11 is 0. The van der Waals surface area contributed by atoms with Crippen molar-refractivity contribution in [2.75, 3.05) is 0 Å². The van der Waals surface area contributed by atoms with Gasteiger partial charge in [-0.05, 0) is 31.9 Å². The molecule has 0 aromatic carbocycles. The van der Waals surface area contributed by atoms with Crippen LogP contribution in [0, 0.1) is 20.8 Å². The maximum atomic E-state index is 4.35. The van der Waals surface area contributed by atoms with Gasteiger partial charge in [-0.3, -0.25) is 0 Å². The fraction of sp³-hybridized carbons (Fsp3) is 0.333. The monoisotopic (exact) mass is 161 g/mol. The summed E-state index contributed by atoms with van der Waals surface area (Å²) in [5.41, 5.74) is 4.47. The zero-order valence-corrected chi connectivity index (χ0v) is 7.50. The van der Waals surface area contributed by atoms with Crippen LogP contribution in [0.25, 0.3) is 5.65 Å². The number of hydrogen-bond acceptors (Lipinski definition) is 2. The highest BCUT2D eigenvalue weighted by molar-refractivity contribution is 5.50. The van der Waals surface area contributed by atoms with Crippen LogP contribution in [0.1, 0.15) is 16.8 Å². The van der Waals surface area contributed by atoms with Crippen molar-refractivity contribution in [3.63, 3.8) is 0 Å². The third-order valence-corrected chi connectivity index (χ3v) is 2.32. The van der Waals surface area contributed by atoms with Gasteiger partial charge in [-0.25, -0.2) is 9.50 Å². The quantitative estimate of drug-likeness (QED) is 0.588. The Hall–Kier alpha value is -1.38. The Labute approximate surface area is 71.1 Å². The third-order valence-electron chi connectivity index (χ3n) is 2.32. The van der Waals surface area contributed by atoms with Crippen LogP contribution >= 0.6 is 0 Å². The Kier molecular flexibility index (Phi) is 1.40. The molecule has 0 N–H and O–H groups in total. The minimum atomic E-state index is 0.957. The van der Waals surface area contributed by atoms with Crippen LogP contribution < -0.4 is 0 Å². The summed E-state index contributed by atoms with van der Waals surface area (Å²) in [5.74, 6) is 0. The minimum absolute atomic E-state index is 0.957. The molecule has 0 aliphatic rings. The second-order valence-corrected chi connectivity index (χ2v) is 3.03. The zero-order chi connectivity index (χ0) is 8.72. The highest BCUT2D eigenvalue weighted by atomic mass is 15.2. The van der Waals surface area contributed by atoms with Crippen molar-refractivity contribution in [1.82, 2.24) is 14.6 Å². The van der Waals surface area contributed by atoms with Crippen LogP contribution in [0.5, 0.6) is 0 Å². The van der Waals surface area contributed by atoms with Gasteiger partial charge in [-0.2, -0.15) is 5.10 Å². The van der Waals surface area contributed by atoms with E-state index in [2.05, 4.69) is 23.9 Å². The van der Waals surface area contributed by atoms with E-state index in [-0.39, 0.29) is 0 Å². The lowest BCUT2D eigenvalue weighted by molar-refractivity contribution is 0.880. The molecule has 0 unspecified atom stereocenters. The molecule has 2 heterocycles. The minimum Gasteiger partial charge on any atom is -0.235 e. The van der Waals surface area contributed by atoms with Crippen molar-refractivity contribution in [2.45, 2.75) is 20.8 Å². The largest absolute Gasteiger partial charge is 0.235 e. The first-order valence-electron chi connectivity index (χ1n) is 3.97. The lowest BCUT2D eigenvalue weighted by atomic mass is 10.1. The lowest BCUT2D eigenvalue weighted by Gasteiger charge is -2.04. The number of nitrogens with zero attached hydrogens (tertiary/aromatic N) is 3. The second kappa shape index (κ2) is 2.30. The molecule has 12 heavy (non-hydrogen) atoms. The maximum absolute atomic E-state index is 4.35. The third kappa shape index (κ3) is 0.826. The van der Waals surface area contributed by atoms with Gasteiger partial charge in [0, 0.05) is 12.4 Å². The van der Waals surface area contributed by atoms with E-state index in [4.69, 9.17) is 0 Å². The van der Waals surface area contributed by atoms with E-state index in [0.29, 0.717) is 0 Å². The van der Waals surface area contributed by atoms with Crippen molar-refractivity contribution in [3.8, 4) is 0 Å². The summed E-state index contributed by atoms with van der Waals surface area (Å²) in [6.45, 7) is 6.17. The summed E-state index contributed by atoms with van der Waals surface area (Å²) in [7, 11) is 0. The van der Waals surface area contributed by atoms with Crippen molar-refractivity contribution in [2.24, 2.45) is 0 Å². The van der Waals surface area contributed by atoms with E-state index in [1.54, 1.807) is 6.20 Å². The SMILES string of the molecule is Cc1nn2ccnc2c(C)c1C. The Bertz CT molecular complexity index is 429. The molecule has 0 aliphatic carbocycles. The van der Waals surface area contributed by atoms with Gasteiger partial charge in [-0.15, -0.1) is 0 Å². The molecule has 2 rings (SSSR count). The highest BCUT2D eigenvalue weighted by Crippen LogP contribution is 2.13. The van der Waals surface area contributed by atoms with Crippen molar-refractivity contribution >= 4 is 5.65 Å². The van der Waals surface area contributed by atoms with E-state index in [1.807, 2.05) is 17.6 Å². The number of hydrogen-bond donors (Lipinski definition) is 0. The molecule has 2 aromatic heterocycles. The van der Waals surface area contributed by atoms with Crippen molar-refractivity contribution in [1.29, 1.82) is 0 Å². The van der Waals surface area contributed by atoms with Crippen LogP contribution in [0.15, 0.2) is 12.4 Å². The number of imidazole rings is 1. The first kappa shape index (κ1) is 7.28. The number of aromatic nitrogens is 3. The number of fused-ring (bicyclic) bond motifs is 1. The average Bonchev–Trinajstić information content (AvgIpc) is 2.48. The molecule has 0 bridgehead atoms. The molecule has 0 fully saturated rings. The lowest BCUT2D eigenvalue weighted by Crippen LogP contribution is -1.99. The van der Waals surface area contributed by atoms with Crippen LogP contribution in [0.4, 0.5) is 0 Å². The molecule has 0 atom stereocenters. The molecule has 0 saturated heterocycles. The van der Waals surface area contributed by atoms with Gasteiger partial charge in [0.1, 0.15) is 0 Å². The van der Waals surface area contributed by atoms with Crippen LogP contribution in [-0.2, 0) is 0 Å². The number of rotatable bonds is 0.